The summed E-state index contributed by atoms with van der Waals surface area (Å²) in [6.07, 6.45) is 8.86. The Morgan fingerprint density at radius 1 is 1.22 bits per heavy atom. The molecule has 0 aliphatic carbocycles. The Kier molecular flexibility index (Phi) is 4.84. The zero-order valence-corrected chi connectivity index (χ0v) is 15.6. The lowest BCUT2D eigenvalue weighted by Crippen LogP contribution is -2.44. The number of pyridine rings is 1. The third kappa shape index (κ3) is 3.68. The second-order valence-corrected chi connectivity index (χ2v) is 7.40. The van der Waals surface area contributed by atoms with Crippen LogP contribution in [0.3, 0.4) is 0 Å². The molecule has 0 saturated carbocycles. The number of hydrogen-bond acceptors (Lipinski definition) is 3. The van der Waals surface area contributed by atoms with Crippen molar-refractivity contribution in [1.82, 2.24) is 14.3 Å². The molecule has 140 valence electrons. The van der Waals surface area contributed by atoms with Crippen molar-refractivity contribution in [3.8, 4) is 5.75 Å². The number of rotatable bonds is 4. The Bertz CT molecular complexity index is 946. The van der Waals surface area contributed by atoms with E-state index in [1.165, 1.54) is 5.56 Å². The number of aromatic nitrogens is 2. The third-order valence-corrected chi connectivity index (χ3v) is 5.49. The summed E-state index contributed by atoms with van der Waals surface area (Å²) in [7, 11) is 0. The second kappa shape index (κ2) is 7.43. The van der Waals surface area contributed by atoms with Gasteiger partial charge in [-0.05, 0) is 68.4 Å². The number of aryl methyl sites for hydroxylation is 2. The van der Waals surface area contributed by atoms with Crippen molar-refractivity contribution in [3.63, 3.8) is 0 Å². The number of likely N-dealkylation sites (tertiary alicyclic amines) is 1. The maximum Gasteiger partial charge on any atom is 0.274 e. The topological polar surface area (TPSA) is 57.8 Å². The van der Waals surface area contributed by atoms with Gasteiger partial charge in [-0.15, -0.1) is 0 Å². The van der Waals surface area contributed by atoms with Crippen molar-refractivity contribution in [2.45, 2.75) is 45.1 Å². The van der Waals surface area contributed by atoms with Crippen LogP contribution >= 0.6 is 0 Å². The molecule has 2 aromatic heterocycles. The van der Waals surface area contributed by atoms with Crippen LogP contribution in [0.2, 0.25) is 0 Å². The molecule has 0 bridgehead atoms. The monoisotopic (exact) mass is 363 g/mol. The van der Waals surface area contributed by atoms with Gasteiger partial charge in [0, 0.05) is 25.0 Å². The highest BCUT2D eigenvalue weighted by atomic mass is 16.3. The SMILES string of the molecule is Cc1cccn2cc(C(=O)N3CCCCC3CCc3ccc(O)cc3)nc12. The van der Waals surface area contributed by atoms with E-state index in [0.29, 0.717) is 5.69 Å². The summed E-state index contributed by atoms with van der Waals surface area (Å²) in [6.45, 7) is 2.81. The summed E-state index contributed by atoms with van der Waals surface area (Å²) in [5.74, 6) is 0.323. The van der Waals surface area contributed by atoms with E-state index < -0.39 is 0 Å². The largest absolute Gasteiger partial charge is 0.508 e. The average Bonchev–Trinajstić information content (AvgIpc) is 3.13. The van der Waals surface area contributed by atoms with Gasteiger partial charge in [-0.25, -0.2) is 4.98 Å². The molecule has 1 aliphatic rings. The van der Waals surface area contributed by atoms with E-state index in [0.717, 1.165) is 49.9 Å². The molecule has 1 unspecified atom stereocenters. The molecule has 27 heavy (non-hydrogen) atoms. The predicted octanol–water partition coefficient (Wildman–Crippen LogP) is 3.98. The molecule has 1 amide bonds. The van der Waals surface area contributed by atoms with Crippen LogP contribution in [-0.4, -0.2) is 37.9 Å². The Morgan fingerprint density at radius 3 is 2.81 bits per heavy atom. The molecule has 3 heterocycles. The van der Waals surface area contributed by atoms with Gasteiger partial charge in [-0.2, -0.15) is 0 Å². The Hall–Kier alpha value is -2.82. The van der Waals surface area contributed by atoms with Crippen LogP contribution in [0.1, 0.15) is 47.3 Å². The molecule has 0 radical (unpaired) electrons. The van der Waals surface area contributed by atoms with Crippen molar-refractivity contribution in [2.24, 2.45) is 0 Å². The first-order valence-corrected chi connectivity index (χ1v) is 9.65. The number of fused-ring (bicyclic) bond motifs is 1. The number of amides is 1. The lowest BCUT2D eigenvalue weighted by molar-refractivity contribution is 0.0596. The standard InChI is InChI=1S/C22H25N3O2/c1-16-5-4-13-24-15-20(23-21(16)24)22(27)25-14-3-2-6-18(25)10-7-17-8-11-19(26)12-9-17/h4-5,8-9,11-13,15,18,26H,2-3,6-7,10,14H2,1H3. The molecule has 1 saturated heterocycles. The van der Waals surface area contributed by atoms with Crippen molar-refractivity contribution >= 4 is 11.6 Å². The average molecular weight is 363 g/mol. The Balaban J connectivity index is 1.51. The molecule has 5 nitrogen and oxygen atoms in total. The number of aromatic hydroxyl groups is 1. The van der Waals surface area contributed by atoms with Gasteiger partial charge in [0.05, 0.1) is 0 Å². The minimum absolute atomic E-state index is 0.0357. The number of benzene rings is 1. The van der Waals surface area contributed by atoms with Gasteiger partial charge in [0.2, 0.25) is 0 Å². The molecule has 1 fully saturated rings. The summed E-state index contributed by atoms with van der Waals surface area (Å²) in [5, 5.41) is 9.43. The second-order valence-electron chi connectivity index (χ2n) is 7.40. The fraction of sp³-hybridized carbons (Fsp3) is 0.364. The van der Waals surface area contributed by atoms with E-state index in [1.807, 2.05) is 52.9 Å². The quantitative estimate of drug-likeness (QED) is 0.763. The van der Waals surface area contributed by atoms with Crippen LogP contribution in [0, 0.1) is 6.92 Å². The minimum atomic E-state index is 0.0357. The number of phenols is 1. The van der Waals surface area contributed by atoms with Gasteiger partial charge in [0.15, 0.2) is 0 Å². The predicted molar refractivity (Wildman–Crippen MR) is 105 cm³/mol. The van der Waals surface area contributed by atoms with Crippen LogP contribution in [0.15, 0.2) is 48.8 Å². The van der Waals surface area contributed by atoms with Gasteiger partial charge in [0.25, 0.3) is 5.91 Å². The molecule has 5 heteroatoms. The zero-order chi connectivity index (χ0) is 18.8. The van der Waals surface area contributed by atoms with Crippen molar-refractivity contribution < 1.29 is 9.90 Å². The van der Waals surface area contributed by atoms with Crippen LogP contribution in [0.4, 0.5) is 0 Å². The van der Waals surface area contributed by atoms with E-state index in [2.05, 4.69) is 4.98 Å². The van der Waals surface area contributed by atoms with E-state index >= 15 is 0 Å². The first kappa shape index (κ1) is 17.6. The fourth-order valence-electron chi connectivity index (χ4n) is 3.97. The highest BCUT2D eigenvalue weighted by Crippen LogP contribution is 2.24. The summed E-state index contributed by atoms with van der Waals surface area (Å²) in [5.41, 5.74) is 3.63. The molecule has 3 aromatic rings. The number of piperidine rings is 1. The van der Waals surface area contributed by atoms with Gasteiger partial charge in [-0.3, -0.25) is 4.79 Å². The van der Waals surface area contributed by atoms with E-state index in [4.69, 9.17) is 0 Å². The van der Waals surface area contributed by atoms with E-state index in [1.54, 1.807) is 12.1 Å². The fourth-order valence-corrected chi connectivity index (χ4v) is 3.97. The van der Waals surface area contributed by atoms with Crippen molar-refractivity contribution in [3.05, 3.63) is 65.6 Å². The highest BCUT2D eigenvalue weighted by Gasteiger charge is 2.28. The number of nitrogens with zero attached hydrogens (tertiary/aromatic N) is 3. The Morgan fingerprint density at radius 2 is 2.04 bits per heavy atom. The molecular weight excluding hydrogens is 338 g/mol. The maximum atomic E-state index is 13.2. The number of carbonyl (C=O) groups is 1. The first-order valence-electron chi connectivity index (χ1n) is 9.65. The third-order valence-electron chi connectivity index (χ3n) is 5.49. The highest BCUT2D eigenvalue weighted by molar-refractivity contribution is 5.93. The summed E-state index contributed by atoms with van der Waals surface area (Å²) in [4.78, 5) is 19.8. The maximum absolute atomic E-state index is 13.2. The molecule has 0 spiro atoms. The van der Waals surface area contributed by atoms with E-state index in [9.17, 15) is 9.90 Å². The van der Waals surface area contributed by atoms with Crippen LogP contribution < -0.4 is 0 Å². The Labute approximate surface area is 159 Å². The molecule has 4 rings (SSSR count). The van der Waals surface area contributed by atoms with Gasteiger partial charge < -0.3 is 14.4 Å². The van der Waals surface area contributed by atoms with Crippen LogP contribution in [0.25, 0.3) is 5.65 Å². The normalized spacial score (nSPS) is 17.4. The molecule has 1 aromatic carbocycles. The van der Waals surface area contributed by atoms with Crippen molar-refractivity contribution in [2.75, 3.05) is 6.54 Å². The lowest BCUT2D eigenvalue weighted by atomic mass is 9.95. The summed E-state index contributed by atoms with van der Waals surface area (Å²) in [6, 6.07) is 11.6. The summed E-state index contributed by atoms with van der Waals surface area (Å²) >= 11 is 0. The first-order chi connectivity index (χ1) is 13.1. The molecule has 1 aliphatic heterocycles. The van der Waals surface area contributed by atoms with Gasteiger partial charge >= 0.3 is 0 Å². The zero-order valence-electron chi connectivity index (χ0n) is 15.6. The van der Waals surface area contributed by atoms with Crippen LogP contribution in [-0.2, 0) is 6.42 Å². The number of carbonyl (C=O) groups excluding carboxylic acids is 1. The van der Waals surface area contributed by atoms with Gasteiger partial charge in [-0.1, -0.05) is 18.2 Å². The smallest absolute Gasteiger partial charge is 0.274 e. The number of hydrogen-bond donors (Lipinski definition) is 1. The van der Waals surface area contributed by atoms with E-state index in [-0.39, 0.29) is 17.7 Å². The van der Waals surface area contributed by atoms with Gasteiger partial charge in [0.1, 0.15) is 17.1 Å². The summed E-state index contributed by atoms with van der Waals surface area (Å²) < 4.78 is 1.93. The van der Waals surface area contributed by atoms with Crippen molar-refractivity contribution in [1.29, 1.82) is 0 Å². The van der Waals surface area contributed by atoms with Crippen LogP contribution in [0.5, 0.6) is 5.75 Å². The number of imidazole rings is 1. The molecule has 1 N–H and O–H groups in total. The molecular formula is C22H25N3O2. The number of phenolic OH excluding ortho intramolecular Hbond substituents is 1. The minimum Gasteiger partial charge on any atom is -0.508 e. The molecule has 1 atom stereocenters. The lowest BCUT2D eigenvalue weighted by Gasteiger charge is -2.35.